The van der Waals surface area contributed by atoms with Gasteiger partial charge in [-0.15, -0.1) is 0 Å². The molecule has 2 aliphatic rings. The van der Waals surface area contributed by atoms with Gasteiger partial charge >= 0.3 is 24.1 Å². The standard InChI is InChI=1S/C43H59N9O10S.C42H55N9O10/c1-27(2)37(39(55)46-30-15-11-10-12-16-30)48-40(56)38(28(3)4)50(6)43(58)62-25-29-17-18-33(61-26-31-23-45-42(49(31)5)52(59)60)32(21-29)47-35(53)24-44-19-13-8-9-14-20-51-36(54)22-34(63-7)41(51)57;1-27(2)37(39(55)45-30-14-10-9-11-15-30)47-40(56)38(28(3)4)49(6)42(57)61-25-29-16-17-33(60-26-31-23-44-41(48(31)5)51(58)59)32(22-29)46-34(52)24-43-20-12-7-8-13-21-50-35(53)18-19-36(50)54/h10-12,15-18,21,23,27-28,34,37-38,44H,8-9,13-14,19-20,22,24-26H2,1-7H3,(H,46,55)(H,47,53)(H,48,56);9-11,14-19,22-23,27-28,37-38,43H,7-8,12-13,20-21,24-26H2,1-6H3,(H,45,55)(H,46,52)(H,47,56)/t34?,37-,38-;37-,38-/m00/s1. The van der Waals surface area contributed by atoms with E-state index in [4.69, 9.17) is 18.9 Å². The summed E-state index contributed by atoms with van der Waals surface area (Å²) in [7, 11) is 5.86. The van der Waals surface area contributed by atoms with Crippen LogP contribution in [0.1, 0.15) is 136 Å². The summed E-state index contributed by atoms with van der Waals surface area (Å²) in [5.41, 5.74) is 3.43. The van der Waals surface area contributed by atoms with Crippen LogP contribution < -0.4 is 52.0 Å². The highest BCUT2D eigenvalue weighted by Gasteiger charge is 2.39. The van der Waals surface area contributed by atoms with E-state index in [0.29, 0.717) is 72.9 Å². The van der Waals surface area contributed by atoms with Crippen LogP contribution in [0.4, 0.5) is 44.2 Å². The molecule has 1 saturated heterocycles. The molecule has 0 radical (unpaired) electrons. The largest absolute Gasteiger partial charge is 0.484 e. The van der Waals surface area contributed by atoms with Crippen LogP contribution in [-0.2, 0) is 97.9 Å². The average molecular weight is 1740 g/mol. The number of nitrogens with one attached hydrogen (secondary N) is 8. The molecule has 12 amide bonds. The van der Waals surface area contributed by atoms with E-state index in [1.54, 1.807) is 113 Å². The number of amides is 12. The normalized spacial score (nSPS) is 14.0. The molecule has 6 aromatic rings. The Kier molecular flexibility index (Phi) is 38.8. The third kappa shape index (κ3) is 29.6. The van der Waals surface area contributed by atoms with Crippen LogP contribution in [0.2, 0.25) is 0 Å². The second-order valence-electron chi connectivity index (χ2n) is 31.1. The Bertz CT molecular complexity index is 4710. The van der Waals surface area contributed by atoms with Crippen molar-refractivity contribution >= 4 is 118 Å². The van der Waals surface area contributed by atoms with E-state index < -0.39 is 75.7 Å². The summed E-state index contributed by atoms with van der Waals surface area (Å²) in [6.45, 7) is 15.4. The Hall–Kier alpha value is -12.7. The van der Waals surface area contributed by atoms with E-state index in [0.717, 1.165) is 38.5 Å². The van der Waals surface area contributed by atoms with Gasteiger partial charge in [0.25, 0.3) is 11.8 Å². The molecule has 4 aromatic carbocycles. The minimum absolute atomic E-state index is 0.0333. The predicted octanol–water partition coefficient (Wildman–Crippen LogP) is 9.15. The number of nitrogens with zero attached hydrogens (tertiary/aromatic N) is 10. The van der Waals surface area contributed by atoms with E-state index in [9.17, 15) is 77.8 Å². The zero-order chi connectivity index (χ0) is 90.9. The van der Waals surface area contributed by atoms with Crippen molar-refractivity contribution in [1.29, 1.82) is 0 Å². The number of likely N-dealkylation sites (tertiary alicyclic amines) is 1. The number of nitro groups is 2. The van der Waals surface area contributed by atoms with Crippen LogP contribution in [-0.4, -0.2) is 209 Å². The van der Waals surface area contributed by atoms with Gasteiger partial charge in [0.2, 0.25) is 47.3 Å². The third-order valence-electron chi connectivity index (χ3n) is 20.3. The van der Waals surface area contributed by atoms with Gasteiger partial charge in [0.15, 0.2) is 11.4 Å². The quantitative estimate of drug-likeness (QED) is 0.00763. The number of aromatic nitrogens is 4. The first kappa shape index (κ1) is 98.5. The first-order valence-corrected chi connectivity index (χ1v) is 42.2. The van der Waals surface area contributed by atoms with Gasteiger partial charge in [-0.2, -0.15) is 11.8 Å². The van der Waals surface area contributed by atoms with E-state index in [1.807, 2.05) is 46.1 Å². The Balaban J connectivity index is 0.000000341. The molecule has 38 nitrogen and oxygen atoms in total. The number of imide groups is 2. The number of ether oxygens (including phenoxy) is 4. The highest BCUT2D eigenvalue weighted by molar-refractivity contribution is 8.00. The van der Waals surface area contributed by atoms with Crippen LogP contribution >= 0.6 is 11.8 Å². The lowest BCUT2D eigenvalue weighted by Gasteiger charge is -2.31. The Labute approximate surface area is 724 Å². The molecule has 124 heavy (non-hydrogen) atoms. The van der Waals surface area contributed by atoms with Crippen LogP contribution in [0.25, 0.3) is 0 Å². The minimum atomic E-state index is -0.983. The minimum Gasteiger partial charge on any atom is -0.484 e. The fourth-order valence-corrected chi connectivity index (χ4v) is 14.1. The molecule has 0 saturated carbocycles. The maximum Gasteiger partial charge on any atom is 0.434 e. The van der Waals surface area contributed by atoms with Crippen molar-refractivity contribution in [3.05, 3.63) is 164 Å². The lowest BCUT2D eigenvalue weighted by atomic mass is 9.99. The van der Waals surface area contributed by atoms with E-state index >= 15 is 0 Å². The van der Waals surface area contributed by atoms with Crippen molar-refractivity contribution in [2.75, 3.05) is 80.9 Å². The lowest BCUT2D eigenvalue weighted by Crippen LogP contribution is -2.56. The molecule has 1 unspecified atom stereocenters. The molecular weight excluding hydrogens is 1630 g/mol. The zero-order valence-corrected chi connectivity index (χ0v) is 73.0. The number of carbonyl (C=O) groups is 12. The second-order valence-corrected chi connectivity index (χ2v) is 32.1. The Morgan fingerprint density at radius 1 is 0.508 bits per heavy atom. The van der Waals surface area contributed by atoms with Gasteiger partial charge in [0, 0.05) is 57.1 Å². The van der Waals surface area contributed by atoms with E-state index in [1.165, 1.54) is 93.2 Å². The molecule has 0 aliphatic carbocycles. The van der Waals surface area contributed by atoms with E-state index in [-0.39, 0.29) is 139 Å². The average Bonchev–Trinajstić information content (AvgIpc) is 1.35. The van der Waals surface area contributed by atoms with Gasteiger partial charge in [-0.3, -0.25) is 67.5 Å². The highest BCUT2D eigenvalue weighted by atomic mass is 32.2. The molecule has 2 aliphatic heterocycles. The van der Waals surface area contributed by atoms with Crippen LogP contribution in [0.3, 0.4) is 0 Å². The molecule has 5 atom stereocenters. The number of likely N-dealkylation sites (N-methyl/N-ethyl adjacent to an activating group) is 2. The van der Waals surface area contributed by atoms with Gasteiger partial charge < -0.3 is 81.7 Å². The number of imidazole rings is 2. The summed E-state index contributed by atoms with van der Waals surface area (Å²) >= 11 is 1.39. The van der Waals surface area contributed by atoms with Crippen molar-refractivity contribution in [2.45, 2.75) is 169 Å². The molecule has 670 valence electrons. The van der Waals surface area contributed by atoms with Crippen molar-refractivity contribution in [3.8, 4) is 11.5 Å². The fourth-order valence-electron chi connectivity index (χ4n) is 13.4. The molecule has 0 bridgehead atoms. The number of rotatable bonds is 47. The van der Waals surface area contributed by atoms with Crippen molar-refractivity contribution in [1.82, 2.24) is 60.0 Å². The SMILES string of the molecule is CC(C)[C@H](NC(=O)[C@H](C(C)C)N(C)C(=O)OCc1ccc(OCc2cnc([N+](=O)[O-])n2C)c(NC(=O)CNCCCCCCN2C(=O)C=CC2=O)c1)C(=O)Nc1ccccc1.CSC1CC(=O)N(CCCCCCNCC(=O)Nc2cc(COC(=O)N(C)[C@H](C(=O)N[C@H](C(=O)Nc3ccccc3)C(C)C)C(C)C)ccc2OCc2cnc([N+](=O)[O-])n2C)C1=O. The van der Waals surface area contributed by atoms with Gasteiger partial charge in [-0.25, -0.2) is 18.7 Å². The monoisotopic (exact) mass is 1740 g/mol. The molecule has 4 heterocycles. The third-order valence-corrected chi connectivity index (χ3v) is 21.2. The summed E-state index contributed by atoms with van der Waals surface area (Å²) in [5.74, 6) is -4.94. The molecule has 1 fully saturated rings. The zero-order valence-electron chi connectivity index (χ0n) is 72.2. The van der Waals surface area contributed by atoms with Crippen molar-refractivity contribution in [2.24, 2.45) is 37.8 Å². The topological polar surface area (TPSA) is 473 Å². The fraction of sp³-hybridized carbons (Fsp3) is 0.482. The van der Waals surface area contributed by atoms with Gasteiger partial charge in [0.05, 0.1) is 43.8 Å². The van der Waals surface area contributed by atoms with Crippen LogP contribution in [0.5, 0.6) is 11.5 Å². The number of unbranched alkanes of at least 4 members (excludes halogenated alkanes) is 6. The van der Waals surface area contributed by atoms with E-state index in [2.05, 4.69) is 52.5 Å². The summed E-state index contributed by atoms with van der Waals surface area (Å²) in [4.78, 5) is 189. The second kappa shape index (κ2) is 48.9. The van der Waals surface area contributed by atoms with Crippen molar-refractivity contribution < 1.29 is 86.3 Å². The summed E-state index contributed by atoms with van der Waals surface area (Å²) in [5, 5.41) is 45.5. The maximum absolute atomic E-state index is 13.7. The van der Waals surface area contributed by atoms with Crippen LogP contribution in [0.15, 0.2) is 122 Å². The number of anilines is 4. The first-order valence-electron chi connectivity index (χ1n) is 40.9. The van der Waals surface area contributed by atoms with Gasteiger partial charge in [-0.05, 0) is 138 Å². The molecule has 0 spiro atoms. The summed E-state index contributed by atoms with van der Waals surface area (Å²) < 4.78 is 25.8. The molecule has 2 aromatic heterocycles. The number of benzene rings is 4. The van der Waals surface area contributed by atoms with Crippen LogP contribution in [0, 0.1) is 43.9 Å². The number of hydrogen-bond acceptors (Lipinski definition) is 25. The molecule has 39 heteroatoms. The van der Waals surface area contributed by atoms with Crippen molar-refractivity contribution in [3.63, 3.8) is 0 Å². The Morgan fingerprint density at radius 2 is 0.895 bits per heavy atom. The number of thioether (sulfide) groups is 1. The number of carbonyl (C=O) groups excluding carboxylic acids is 12. The smallest absolute Gasteiger partial charge is 0.434 e. The molecular formula is C85H114N18O20S. The lowest BCUT2D eigenvalue weighted by molar-refractivity contribution is -0.396. The maximum atomic E-state index is 13.7. The summed E-state index contributed by atoms with van der Waals surface area (Å²) in [6.07, 6.45) is 11.9. The predicted molar refractivity (Wildman–Crippen MR) is 463 cm³/mol. The van der Waals surface area contributed by atoms with Gasteiger partial charge in [0.1, 0.15) is 74.5 Å². The van der Waals surface area contributed by atoms with Gasteiger partial charge in [-0.1, -0.05) is 140 Å². The summed E-state index contributed by atoms with van der Waals surface area (Å²) in [6, 6.07) is 23.6. The number of para-hydroxylation sites is 2. The highest BCUT2D eigenvalue weighted by Crippen LogP contribution is 2.31. The number of hydrogen-bond donors (Lipinski definition) is 8. The first-order chi connectivity index (χ1) is 59.1. The molecule has 8 N–H and O–H groups in total. The Morgan fingerprint density at radius 3 is 1.25 bits per heavy atom. The molecule has 8 rings (SSSR count).